The molecule has 0 aliphatic rings. The number of sulfonamides is 1. The van der Waals surface area contributed by atoms with Gasteiger partial charge in [-0.25, -0.2) is 18.1 Å². The molecule has 1 heterocycles. The third kappa shape index (κ3) is 4.39. The number of nitrogen functional groups attached to an aromatic ring is 1. The lowest BCUT2D eigenvalue weighted by Crippen LogP contribution is -2.27. The summed E-state index contributed by atoms with van der Waals surface area (Å²) in [5.41, 5.74) is 6.38. The first-order chi connectivity index (χ1) is 11.5. The Hall–Kier alpha value is -2.74. The summed E-state index contributed by atoms with van der Waals surface area (Å²) in [7, 11) is -2.09. The molecule has 2 rings (SSSR count). The lowest BCUT2D eigenvalue weighted by atomic mass is 10.3. The van der Waals surface area contributed by atoms with Crippen molar-refractivity contribution in [1.82, 2.24) is 14.7 Å². The largest absolute Gasteiger partial charge is 0.383 e. The molecule has 4 N–H and O–H groups in total. The molecule has 1 aromatic heterocycles. The van der Waals surface area contributed by atoms with Gasteiger partial charge in [0.2, 0.25) is 16.0 Å². The molecule has 2 aromatic rings. The molecule has 0 aliphatic carbocycles. The van der Waals surface area contributed by atoms with Crippen LogP contribution in [0.1, 0.15) is 5.56 Å². The fourth-order valence-corrected chi connectivity index (χ4v) is 2.76. The highest BCUT2D eigenvalue weighted by Gasteiger charge is 2.13. The highest BCUT2D eigenvalue weighted by atomic mass is 32.2. The first-order valence-corrected chi connectivity index (χ1v) is 8.33. The number of hydrogen-bond acceptors (Lipinski definition) is 8. The first kappa shape index (κ1) is 17.6. The van der Waals surface area contributed by atoms with E-state index < -0.39 is 10.0 Å². The maximum atomic E-state index is 12.0. The molecule has 0 radical (unpaired) electrons. The van der Waals surface area contributed by atoms with Gasteiger partial charge in [-0.05, 0) is 24.3 Å². The van der Waals surface area contributed by atoms with Crippen molar-refractivity contribution >= 4 is 27.5 Å². The van der Waals surface area contributed by atoms with E-state index >= 15 is 0 Å². The van der Waals surface area contributed by atoms with Crippen LogP contribution in [0.15, 0.2) is 35.4 Å². The topological polar surface area (TPSA) is 143 Å². The number of ether oxygens (including phenoxy) is 1. The summed E-state index contributed by atoms with van der Waals surface area (Å²) in [6, 6.07) is 7.91. The number of nitrogens with one attached hydrogen (secondary N) is 2. The van der Waals surface area contributed by atoms with E-state index in [4.69, 9.17) is 15.7 Å². The molecular weight excluding hydrogens is 332 g/mol. The summed E-state index contributed by atoms with van der Waals surface area (Å²) in [5, 5.41) is 11.7. The number of rotatable bonds is 7. The molecule has 0 atom stereocenters. The van der Waals surface area contributed by atoms with E-state index in [9.17, 15) is 8.42 Å². The Kier molecular flexibility index (Phi) is 5.64. The van der Waals surface area contributed by atoms with Gasteiger partial charge in [-0.1, -0.05) is 0 Å². The van der Waals surface area contributed by atoms with Crippen LogP contribution in [0, 0.1) is 11.3 Å². The van der Waals surface area contributed by atoms with Crippen LogP contribution in [-0.2, 0) is 14.8 Å². The van der Waals surface area contributed by atoms with Gasteiger partial charge < -0.3 is 15.8 Å². The smallest absolute Gasteiger partial charge is 0.240 e. The normalized spacial score (nSPS) is 11.0. The van der Waals surface area contributed by atoms with Crippen LogP contribution in [0.2, 0.25) is 0 Å². The predicted molar refractivity (Wildman–Crippen MR) is 87.9 cm³/mol. The Morgan fingerprint density at radius 1 is 1.33 bits per heavy atom. The van der Waals surface area contributed by atoms with Crippen LogP contribution in [0.4, 0.5) is 17.5 Å². The number of nitrogens with two attached hydrogens (primary N) is 1. The van der Waals surface area contributed by atoms with E-state index in [2.05, 4.69) is 20.0 Å². The lowest BCUT2D eigenvalue weighted by molar-refractivity contribution is 0.204. The minimum absolute atomic E-state index is 0.0662. The van der Waals surface area contributed by atoms with Crippen molar-refractivity contribution in [1.29, 1.82) is 5.26 Å². The van der Waals surface area contributed by atoms with Crippen LogP contribution >= 0.6 is 0 Å². The van der Waals surface area contributed by atoms with Crippen LogP contribution in [-0.4, -0.2) is 38.6 Å². The zero-order valence-corrected chi connectivity index (χ0v) is 13.7. The summed E-state index contributed by atoms with van der Waals surface area (Å²) >= 11 is 0. The number of aromatic nitrogens is 2. The molecule has 0 amide bonds. The molecule has 24 heavy (non-hydrogen) atoms. The average Bonchev–Trinajstić information content (AvgIpc) is 2.56. The van der Waals surface area contributed by atoms with Crippen molar-refractivity contribution in [2.24, 2.45) is 0 Å². The highest BCUT2D eigenvalue weighted by Crippen LogP contribution is 2.18. The summed E-state index contributed by atoms with van der Waals surface area (Å²) in [6.07, 6.45) is 1.31. The lowest BCUT2D eigenvalue weighted by Gasteiger charge is -2.08. The third-order valence-electron chi connectivity index (χ3n) is 2.96. The molecule has 126 valence electrons. The number of hydrogen-bond donors (Lipinski definition) is 3. The van der Waals surface area contributed by atoms with E-state index in [0.29, 0.717) is 5.69 Å². The molecule has 9 nitrogen and oxygen atoms in total. The zero-order chi connectivity index (χ0) is 17.6. The fourth-order valence-electron chi connectivity index (χ4n) is 1.75. The number of nitriles is 1. The Bertz CT molecular complexity index is 846. The maximum absolute atomic E-state index is 12.0. The Labute approximate surface area is 139 Å². The molecule has 0 bridgehead atoms. The van der Waals surface area contributed by atoms with Gasteiger partial charge in [-0.3, -0.25) is 0 Å². The maximum Gasteiger partial charge on any atom is 0.240 e. The summed E-state index contributed by atoms with van der Waals surface area (Å²) < 4.78 is 31.3. The van der Waals surface area contributed by atoms with Gasteiger partial charge in [0.05, 0.1) is 17.7 Å². The van der Waals surface area contributed by atoms with Crippen molar-refractivity contribution in [3.8, 4) is 6.07 Å². The van der Waals surface area contributed by atoms with E-state index in [-0.39, 0.29) is 35.4 Å². The second-order valence-electron chi connectivity index (χ2n) is 4.64. The third-order valence-corrected chi connectivity index (χ3v) is 4.43. The summed E-state index contributed by atoms with van der Waals surface area (Å²) in [4.78, 5) is 8.04. The van der Waals surface area contributed by atoms with Crippen LogP contribution in [0.5, 0.6) is 0 Å². The summed E-state index contributed by atoms with van der Waals surface area (Å²) in [5.74, 6) is 0.275. The highest BCUT2D eigenvalue weighted by molar-refractivity contribution is 7.89. The van der Waals surface area contributed by atoms with E-state index in [1.807, 2.05) is 6.07 Å². The van der Waals surface area contributed by atoms with Crippen molar-refractivity contribution in [3.05, 3.63) is 36.0 Å². The second kappa shape index (κ2) is 7.69. The molecule has 10 heteroatoms. The molecule has 0 saturated heterocycles. The number of anilines is 3. The SMILES string of the molecule is COCCNS(=O)(=O)c1ccc(Nc2ncc(C#N)c(N)n2)cc1. The number of nitrogens with zero attached hydrogens (tertiary/aromatic N) is 3. The van der Waals surface area contributed by atoms with E-state index in [1.165, 1.54) is 25.4 Å². The van der Waals surface area contributed by atoms with Gasteiger partial charge in [0, 0.05) is 19.3 Å². The second-order valence-corrected chi connectivity index (χ2v) is 6.41. The first-order valence-electron chi connectivity index (χ1n) is 6.84. The fraction of sp³-hybridized carbons (Fsp3) is 0.214. The van der Waals surface area contributed by atoms with Crippen molar-refractivity contribution in [2.45, 2.75) is 4.90 Å². The van der Waals surface area contributed by atoms with Gasteiger partial charge in [0.25, 0.3) is 0 Å². The Morgan fingerprint density at radius 2 is 2.04 bits per heavy atom. The average molecular weight is 348 g/mol. The van der Waals surface area contributed by atoms with Gasteiger partial charge >= 0.3 is 0 Å². The van der Waals surface area contributed by atoms with Gasteiger partial charge in [0.1, 0.15) is 17.5 Å². The van der Waals surface area contributed by atoms with Crippen molar-refractivity contribution in [2.75, 3.05) is 31.3 Å². The minimum Gasteiger partial charge on any atom is -0.383 e. The van der Waals surface area contributed by atoms with Gasteiger partial charge in [-0.2, -0.15) is 10.2 Å². The molecule has 0 fully saturated rings. The van der Waals surface area contributed by atoms with Crippen LogP contribution < -0.4 is 15.8 Å². The molecule has 0 unspecified atom stereocenters. The van der Waals surface area contributed by atoms with E-state index in [1.54, 1.807) is 12.1 Å². The van der Waals surface area contributed by atoms with Crippen molar-refractivity contribution in [3.63, 3.8) is 0 Å². The molecule has 1 aromatic carbocycles. The molecule has 0 spiro atoms. The number of methoxy groups -OCH3 is 1. The zero-order valence-electron chi connectivity index (χ0n) is 12.9. The van der Waals surface area contributed by atoms with E-state index in [0.717, 1.165) is 0 Å². The predicted octanol–water partition coefficient (Wildman–Crippen LogP) is 0.599. The standard InChI is InChI=1S/C14H16N6O3S/c1-23-7-6-18-24(21,22)12-4-2-11(3-5-12)19-14-17-9-10(8-15)13(16)20-14/h2-5,9,18H,6-7H2,1H3,(H3,16,17,19,20). The molecule has 0 aliphatic heterocycles. The molecular formula is C14H16N6O3S. The molecule has 0 saturated carbocycles. The van der Waals surface area contributed by atoms with Crippen LogP contribution in [0.25, 0.3) is 0 Å². The van der Waals surface area contributed by atoms with Gasteiger partial charge in [-0.15, -0.1) is 0 Å². The summed E-state index contributed by atoms with van der Waals surface area (Å²) in [6.45, 7) is 0.480. The Morgan fingerprint density at radius 3 is 2.62 bits per heavy atom. The Balaban J connectivity index is 2.09. The quantitative estimate of drug-likeness (QED) is 0.617. The van der Waals surface area contributed by atoms with Crippen LogP contribution in [0.3, 0.4) is 0 Å². The van der Waals surface area contributed by atoms with Gasteiger partial charge in [0.15, 0.2) is 0 Å². The number of benzene rings is 1. The monoisotopic (exact) mass is 348 g/mol. The van der Waals surface area contributed by atoms with Crippen molar-refractivity contribution < 1.29 is 13.2 Å². The minimum atomic E-state index is -3.58.